The smallest absolute Gasteiger partial charge is 0.169 e. The van der Waals surface area contributed by atoms with Crippen LogP contribution in [0.3, 0.4) is 0 Å². The Morgan fingerprint density at radius 2 is 0.600 bits per heavy atom. The summed E-state index contributed by atoms with van der Waals surface area (Å²) in [5, 5.41) is 0. The van der Waals surface area contributed by atoms with Gasteiger partial charge in [0.05, 0.1) is 0 Å². The van der Waals surface area contributed by atoms with Gasteiger partial charge in [0.15, 0.2) is 12.4 Å². The third-order valence-electron chi connectivity index (χ3n) is 11.1. The van der Waals surface area contributed by atoms with Gasteiger partial charge in [0.1, 0.15) is 7.05 Å². The maximum Gasteiger partial charge on any atom is 0.169 e. The predicted molar refractivity (Wildman–Crippen MR) is 224 cm³/mol. The second-order valence-electron chi connectivity index (χ2n) is 15.9. The highest BCUT2D eigenvalue weighted by Gasteiger charge is 2.08. The number of hydrogen-bond donors (Lipinski definition) is 0. The van der Waals surface area contributed by atoms with Gasteiger partial charge in [0, 0.05) is 30.9 Å². The molecule has 1 aromatic heterocycles. The molecule has 2 heteroatoms. The van der Waals surface area contributed by atoms with Crippen molar-refractivity contribution in [3.05, 3.63) is 48.8 Å². The minimum absolute atomic E-state index is 1.21. The molecule has 0 radical (unpaired) electrons. The normalized spacial score (nSPS) is 11.4. The maximum absolute atomic E-state index is 2.70. The van der Waals surface area contributed by atoms with E-state index < -0.39 is 0 Å². The van der Waals surface area contributed by atoms with Crippen molar-refractivity contribution in [1.29, 1.82) is 0 Å². The highest BCUT2D eigenvalue weighted by molar-refractivity contribution is 5.65. The molecule has 0 fully saturated rings. The molecule has 2 aromatic rings. The summed E-state index contributed by atoms with van der Waals surface area (Å²) in [5.74, 6) is 0. The fraction of sp³-hybridized carbons (Fsp3) is 0.771. The zero-order valence-electron chi connectivity index (χ0n) is 34.1. The van der Waals surface area contributed by atoms with Gasteiger partial charge in [0.25, 0.3) is 0 Å². The van der Waals surface area contributed by atoms with Crippen molar-refractivity contribution in [2.24, 2.45) is 7.05 Å². The molecule has 0 aliphatic rings. The Morgan fingerprint density at radius 3 is 0.900 bits per heavy atom. The lowest BCUT2D eigenvalue weighted by Crippen LogP contribution is -2.26. The van der Waals surface area contributed by atoms with Gasteiger partial charge in [-0.05, 0) is 36.1 Å². The Kier molecular flexibility index (Phi) is 29.3. The van der Waals surface area contributed by atoms with E-state index in [0.29, 0.717) is 0 Å². The summed E-state index contributed by atoms with van der Waals surface area (Å²) >= 11 is 0. The first-order valence-electron chi connectivity index (χ1n) is 22.5. The van der Waals surface area contributed by atoms with Crippen LogP contribution in [0, 0.1) is 0 Å². The van der Waals surface area contributed by atoms with Gasteiger partial charge in [-0.2, -0.15) is 0 Å². The molecule has 0 saturated carbocycles. The van der Waals surface area contributed by atoms with Gasteiger partial charge < -0.3 is 4.90 Å². The third kappa shape index (κ3) is 24.4. The Bertz CT molecular complexity index is 929. The van der Waals surface area contributed by atoms with Crippen molar-refractivity contribution < 1.29 is 4.57 Å². The van der Waals surface area contributed by atoms with Crippen LogP contribution >= 0.6 is 0 Å². The van der Waals surface area contributed by atoms with Gasteiger partial charge in [-0.3, -0.25) is 0 Å². The molecule has 0 spiro atoms. The van der Waals surface area contributed by atoms with E-state index in [1.807, 2.05) is 0 Å². The minimum atomic E-state index is 1.21. The lowest BCUT2D eigenvalue weighted by atomic mass is 10.0. The summed E-state index contributed by atoms with van der Waals surface area (Å²) in [6.45, 7) is 7.03. The van der Waals surface area contributed by atoms with E-state index >= 15 is 0 Å². The maximum atomic E-state index is 2.70. The average molecular weight is 690 g/mol. The van der Waals surface area contributed by atoms with Crippen LogP contribution in [0.5, 0.6) is 0 Å². The van der Waals surface area contributed by atoms with Crippen molar-refractivity contribution in [3.8, 4) is 11.1 Å². The largest absolute Gasteiger partial charge is 0.372 e. The first-order chi connectivity index (χ1) is 24.7. The molecule has 0 aliphatic carbocycles. The molecule has 1 heterocycles. The van der Waals surface area contributed by atoms with Crippen LogP contribution in [0.15, 0.2) is 48.8 Å². The molecule has 2 rings (SSSR count). The van der Waals surface area contributed by atoms with Gasteiger partial charge in [0.2, 0.25) is 0 Å². The molecule has 0 unspecified atom stereocenters. The number of nitrogens with zero attached hydrogens (tertiary/aromatic N) is 2. The fourth-order valence-electron chi connectivity index (χ4n) is 7.63. The zero-order valence-corrected chi connectivity index (χ0v) is 34.1. The molecule has 0 atom stereocenters. The topological polar surface area (TPSA) is 7.12 Å². The van der Waals surface area contributed by atoms with Gasteiger partial charge >= 0.3 is 0 Å². The number of unbranched alkanes of at least 4 members (excludes halogenated alkanes) is 30. The molecule has 0 bridgehead atoms. The van der Waals surface area contributed by atoms with Crippen molar-refractivity contribution in [2.75, 3.05) is 18.0 Å². The molecule has 0 aliphatic heterocycles. The second-order valence-corrected chi connectivity index (χ2v) is 15.9. The monoisotopic (exact) mass is 690 g/mol. The van der Waals surface area contributed by atoms with Crippen LogP contribution < -0.4 is 9.47 Å². The molecular weight excluding hydrogens is 605 g/mol. The van der Waals surface area contributed by atoms with Gasteiger partial charge in [-0.15, -0.1) is 0 Å². The van der Waals surface area contributed by atoms with E-state index in [4.69, 9.17) is 0 Å². The summed E-state index contributed by atoms with van der Waals surface area (Å²) in [7, 11) is 2.09. The van der Waals surface area contributed by atoms with E-state index in [0.717, 1.165) is 0 Å². The fourth-order valence-corrected chi connectivity index (χ4v) is 7.63. The SMILES string of the molecule is CCCCCCCCCCCCCCCCCCN(CCCCCCCCCCCCCCCCCC)c1ccc(-c2cc[n+](C)cc2)cc1. The van der Waals surface area contributed by atoms with E-state index in [1.165, 1.54) is 235 Å². The van der Waals surface area contributed by atoms with Crippen molar-refractivity contribution in [3.63, 3.8) is 0 Å². The Balaban J connectivity index is 1.58. The summed E-state index contributed by atoms with van der Waals surface area (Å²) < 4.78 is 2.11. The number of anilines is 1. The van der Waals surface area contributed by atoms with E-state index in [2.05, 4.69) is 79.2 Å². The number of hydrogen-bond acceptors (Lipinski definition) is 1. The van der Waals surface area contributed by atoms with E-state index in [9.17, 15) is 0 Å². The number of aryl methyl sites for hydroxylation is 1. The van der Waals surface area contributed by atoms with Gasteiger partial charge in [-0.25, -0.2) is 4.57 Å². The lowest BCUT2D eigenvalue weighted by Gasteiger charge is -2.25. The molecule has 0 amide bonds. The van der Waals surface area contributed by atoms with Crippen LogP contribution in [0.4, 0.5) is 5.69 Å². The first kappa shape index (κ1) is 44.3. The molecule has 50 heavy (non-hydrogen) atoms. The molecular formula is C48H85N2+. The van der Waals surface area contributed by atoms with Crippen LogP contribution in [0.1, 0.15) is 219 Å². The number of benzene rings is 1. The Morgan fingerprint density at radius 1 is 0.340 bits per heavy atom. The molecule has 0 saturated heterocycles. The molecule has 0 N–H and O–H groups in total. The predicted octanol–water partition coefficient (Wildman–Crippen LogP) is 15.5. The third-order valence-corrected chi connectivity index (χ3v) is 11.1. The summed E-state index contributed by atoms with van der Waals surface area (Å²) in [4.78, 5) is 2.70. The van der Waals surface area contributed by atoms with Crippen LogP contribution in [0.2, 0.25) is 0 Å². The second kappa shape index (κ2) is 33.0. The van der Waals surface area contributed by atoms with Crippen LogP contribution in [0.25, 0.3) is 11.1 Å². The van der Waals surface area contributed by atoms with Crippen molar-refractivity contribution >= 4 is 5.69 Å². The number of aromatic nitrogens is 1. The quantitative estimate of drug-likeness (QED) is 0.0510. The summed E-state index contributed by atoms with van der Waals surface area (Å²) in [6, 6.07) is 13.9. The van der Waals surface area contributed by atoms with Crippen molar-refractivity contribution in [1.82, 2.24) is 0 Å². The highest BCUT2D eigenvalue weighted by Crippen LogP contribution is 2.24. The standard InChI is InChI=1S/C48H85N2/c1-4-6-8-10-12-14-16-18-20-22-24-26-28-30-32-34-42-50(48-38-36-46(37-39-48)47-40-44-49(3)45-41-47)43-35-33-31-29-27-25-23-21-19-17-15-13-11-9-7-5-2/h36-41,44-45H,4-35,42-43H2,1-3H3/q+1. The lowest BCUT2D eigenvalue weighted by molar-refractivity contribution is -0.671. The van der Waals surface area contributed by atoms with Crippen LogP contribution in [-0.4, -0.2) is 13.1 Å². The highest BCUT2D eigenvalue weighted by atomic mass is 15.1. The Hall–Kier alpha value is -1.83. The van der Waals surface area contributed by atoms with Crippen molar-refractivity contribution in [2.45, 2.75) is 219 Å². The first-order valence-corrected chi connectivity index (χ1v) is 22.5. The van der Waals surface area contributed by atoms with E-state index in [-0.39, 0.29) is 0 Å². The summed E-state index contributed by atoms with van der Waals surface area (Å²) in [6.07, 6.45) is 50.2. The summed E-state index contributed by atoms with van der Waals surface area (Å²) in [5.41, 5.74) is 4.04. The number of pyridine rings is 1. The molecule has 1 aromatic carbocycles. The van der Waals surface area contributed by atoms with E-state index in [1.54, 1.807) is 0 Å². The molecule has 286 valence electrons. The van der Waals surface area contributed by atoms with Crippen LogP contribution in [-0.2, 0) is 7.05 Å². The number of rotatable bonds is 36. The zero-order chi connectivity index (χ0) is 35.6. The minimum Gasteiger partial charge on any atom is -0.372 e. The van der Waals surface area contributed by atoms with Gasteiger partial charge in [-0.1, -0.05) is 219 Å². The average Bonchev–Trinajstić information content (AvgIpc) is 3.14. The Labute approximate surface area is 313 Å². The molecule has 2 nitrogen and oxygen atoms in total.